The molecule has 0 saturated carbocycles. The van der Waals surface area contributed by atoms with Crippen molar-refractivity contribution in [3.63, 3.8) is 0 Å². The standard InChI is InChI=1S/C26H31ClN2O4S/c1-3-33-25(31)26(18-19-8-7-9-21(16-19)32-2)24(30)29(15-14-28-12-5-4-6-13-28)22-17-20(27)10-11-23(22)34-26/h7-11,16-17H,3-6,12-15,18H2,1-2H3. The molecule has 2 aliphatic heterocycles. The Morgan fingerprint density at radius 2 is 1.91 bits per heavy atom. The first-order chi connectivity index (χ1) is 16.5. The Labute approximate surface area is 210 Å². The van der Waals surface area contributed by atoms with Crippen LogP contribution < -0.4 is 9.64 Å². The predicted molar refractivity (Wildman–Crippen MR) is 136 cm³/mol. The fraction of sp³-hybridized carbons (Fsp3) is 0.462. The lowest BCUT2D eigenvalue weighted by atomic mass is 9.95. The highest BCUT2D eigenvalue weighted by molar-refractivity contribution is 8.02. The van der Waals surface area contributed by atoms with Crippen LogP contribution in [0.2, 0.25) is 5.02 Å². The number of carbonyl (C=O) groups excluding carboxylic acids is 2. The number of piperidine rings is 1. The molecule has 1 unspecified atom stereocenters. The van der Waals surface area contributed by atoms with Crippen LogP contribution in [-0.4, -0.2) is 61.4 Å². The Bertz CT molecular complexity index is 1040. The van der Waals surface area contributed by atoms with Gasteiger partial charge in [-0.25, -0.2) is 4.79 Å². The maximum absolute atomic E-state index is 14.2. The summed E-state index contributed by atoms with van der Waals surface area (Å²) in [5, 5.41) is 0.562. The van der Waals surface area contributed by atoms with Gasteiger partial charge in [-0.3, -0.25) is 4.79 Å². The molecule has 1 atom stereocenters. The van der Waals surface area contributed by atoms with Gasteiger partial charge in [-0.1, -0.05) is 41.9 Å². The second-order valence-corrected chi connectivity index (χ2v) is 10.4. The number of rotatable bonds is 8. The molecule has 2 aromatic carbocycles. The van der Waals surface area contributed by atoms with E-state index in [2.05, 4.69) is 4.90 Å². The number of hydrogen-bond acceptors (Lipinski definition) is 6. The zero-order valence-corrected chi connectivity index (χ0v) is 21.3. The van der Waals surface area contributed by atoms with Crippen molar-refractivity contribution in [1.82, 2.24) is 4.90 Å². The lowest BCUT2D eigenvalue weighted by molar-refractivity contribution is -0.149. The maximum atomic E-state index is 14.2. The van der Waals surface area contributed by atoms with Crippen LogP contribution in [0.5, 0.6) is 5.75 Å². The van der Waals surface area contributed by atoms with Gasteiger partial charge in [-0.15, -0.1) is 0 Å². The fourth-order valence-corrected chi connectivity index (χ4v) is 6.15. The first kappa shape index (κ1) is 24.9. The van der Waals surface area contributed by atoms with Gasteiger partial charge < -0.3 is 19.3 Å². The molecule has 2 aliphatic rings. The molecule has 0 radical (unpaired) electrons. The van der Waals surface area contributed by atoms with Crippen molar-refractivity contribution in [2.45, 2.75) is 42.2 Å². The van der Waals surface area contributed by atoms with E-state index in [4.69, 9.17) is 21.1 Å². The molecule has 1 amide bonds. The summed E-state index contributed by atoms with van der Waals surface area (Å²) in [6.07, 6.45) is 3.80. The Balaban J connectivity index is 1.73. The van der Waals surface area contributed by atoms with Crippen LogP contribution in [0.1, 0.15) is 31.7 Å². The highest BCUT2D eigenvalue weighted by Gasteiger charge is 2.54. The van der Waals surface area contributed by atoms with Gasteiger partial charge in [0.1, 0.15) is 5.75 Å². The van der Waals surface area contributed by atoms with Gasteiger partial charge >= 0.3 is 5.97 Å². The van der Waals surface area contributed by atoms with E-state index >= 15 is 0 Å². The van der Waals surface area contributed by atoms with Gasteiger partial charge in [0.2, 0.25) is 4.75 Å². The number of likely N-dealkylation sites (tertiary alicyclic amines) is 1. The van der Waals surface area contributed by atoms with Crippen LogP contribution in [0, 0.1) is 0 Å². The van der Waals surface area contributed by atoms with E-state index in [1.807, 2.05) is 36.4 Å². The molecule has 8 heteroatoms. The van der Waals surface area contributed by atoms with E-state index in [0.29, 0.717) is 17.3 Å². The van der Waals surface area contributed by atoms with E-state index in [9.17, 15) is 9.59 Å². The Kier molecular flexibility index (Phi) is 8.06. The summed E-state index contributed by atoms with van der Waals surface area (Å²) in [7, 11) is 1.60. The molecule has 2 aromatic rings. The Morgan fingerprint density at radius 3 is 2.65 bits per heavy atom. The van der Waals surface area contributed by atoms with E-state index in [1.165, 1.54) is 31.0 Å². The van der Waals surface area contributed by atoms with E-state index in [-0.39, 0.29) is 18.9 Å². The van der Waals surface area contributed by atoms with Gasteiger partial charge in [0.25, 0.3) is 5.91 Å². The van der Waals surface area contributed by atoms with Crippen molar-refractivity contribution in [1.29, 1.82) is 0 Å². The largest absolute Gasteiger partial charge is 0.497 e. The third-order valence-electron chi connectivity index (χ3n) is 6.37. The highest BCUT2D eigenvalue weighted by atomic mass is 35.5. The topological polar surface area (TPSA) is 59.1 Å². The first-order valence-electron chi connectivity index (χ1n) is 11.8. The number of anilines is 1. The normalized spacial score (nSPS) is 20.7. The van der Waals surface area contributed by atoms with Crippen molar-refractivity contribution in [3.8, 4) is 5.75 Å². The highest BCUT2D eigenvalue weighted by Crippen LogP contribution is 2.48. The number of carbonyl (C=O) groups is 2. The van der Waals surface area contributed by atoms with Crippen LogP contribution in [0.15, 0.2) is 47.4 Å². The molecule has 182 valence electrons. The molecule has 1 saturated heterocycles. The number of fused-ring (bicyclic) bond motifs is 1. The van der Waals surface area contributed by atoms with Crippen LogP contribution in [-0.2, 0) is 20.7 Å². The molecule has 0 aliphatic carbocycles. The second kappa shape index (κ2) is 11.0. The summed E-state index contributed by atoms with van der Waals surface area (Å²) < 4.78 is 9.43. The van der Waals surface area contributed by atoms with Gasteiger partial charge in [0.05, 0.1) is 19.4 Å². The van der Waals surface area contributed by atoms with Crippen LogP contribution in [0.25, 0.3) is 0 Å². The summed E-state index contributed by atoms with van der Waals surface area (Å²) in [6.45, 7) is 5.27. The van der Waals surface area contributed by atoms with Crippen molar-refractivity contribution in [3.05, 3.63) is 53.1 Å². The number of methoxy groups -OCH3 is 1. The number of nitrogens with zero attached hydrogens (tertiary/aromatic N) is 2. The lowest BCUT2D eigenvalue weighted by Gasteiger charge is -2.41. The van der Waals surface area contributed by atoms with Gasteiger partial charge in [-0.05, 0) is 68.8 Å². The zero-order valence-electron chi connectivity index (χ0n) is 19.7. The molecule has 0 N–H and O–H groups in total. The Hall–Kier alpha value is -2.22. The zero-order chi connectivity index (χ0) is 24.1. The SMILES string of the molecule is CCOC(=O)C1(Cc2cccc(OC)c2)Sc2ccc(Cl)cc2N(CCN2CCCCC2)C1=O. The third kappa shape index (κ3) is 5.21. The smallest absolute Gasteiger partial charge is 0.332 e. The molecule has 0 bridgehead atoms. The molecule has 34 heavy (non-hydrogen) atoms. The lowest BCUT2D eigenvalue weighted by Crippen LogP contribution is -2.57. The average molecular weight is 503 g/mol. The van der Waals surface area contributed by atoms with E-state index < -0.39 is 10.7 Å². The molecule has 2 heterocycles. The number of thioether (sulfide) groups is 1. The second-order valence-electron chi connectivity index (χ2n) is 8.65. The number of esters is 1. The van der Waals surface area contributed by atoms with Crippen LogP contribution in [0.3, 0.4) is 0 Å². The van der Waals surface area contributed by atoms with E-state index in [0.717, 1.165) is 35.8 Å². The first-order valence-corrected chi connectivity index (χ1v) is 13.0. The number of benzene rings is 2. The summed E-state index contributed by atoms with van der Waals surface area (Å²) in [6, 6.07) is 13.0. The summed E-state index contributed by atoms with van der Waals surface area (Å²) in [4.78, 5) is 32.6. The molecule has 0 spiro atoms. The number of halogens is 1. The third-order valence-corrected chi connectivity index (χ3v) is 8.00. The number of amides is 1. The fourth-order valence-electron chi connectivity index (χ4n) is 4.62. The minimum atomic E-state index is -1.43. The maximum Gasteiger partial charge on any atom is 0.332 e. The molecule has 4 rings (SSSR count). The van der Waals surface area contributed by atoms with Crippen molar-refractivity contribution in [2.24, 2.45) is 0 Å². The number of ether oxygens (including phenoxy) is 2. The molecular weight excluding hydrogens is 472 g/mol. The summed E-state index contributed by atoms with van der Waals surface area (Å²) in [5.74, 6) is -0.0964. The molecular formula is C26H31ClN2O4S. The van der Waals surface area contributed by atoms with Gasteiger partial charge in [0.15, 0.2) is 0 Å². The predicted octanol–water partition coefficient (Wildman–Crippen LogP) is 4.82. The van der Waals surface area contributed by atoms with E-state index in [1.54, 1.807) is 25.0 Å². The van der Waals surface area contributed by atoms with Crippen molar-refractivity contribution in [2.75, 3.05) is 44.8 Å². The molecule has 6 nitrogen and oxygen atoms in total. The van der Waals surface area contributed by atoms with Crippen LogP contribution in [0.4, 0.5) is 5.69 Å². The van der Waals surface area contributed by atoms with Gasteiger partial charge in [-0.2, -0.15) is 0 Å². The Morgan fingerprint density at radius 1 is 1.12 bits per heavy atom. The summed E-state index contributed by atoms with van der Waals surface area (Å²) >= 11 is 7.59. The number of hydrogen-bond donors (Lipinski definition) is 0. The van der Waals surface area contributed by atoms with Crippen LogP contribution >= 0.6 is 23.4 Å². The van der Waals surface area contributed by atoms with Crippen molar-refractivity contribution >= 4 is 40.9 Å². The quantitative estimate of drug-likeness (QED) is 0.381. The molecule has 1 fully saturated rings. The molecule has 0 aromatic heterocycles. The average Bonchev–Trinajstić information content (AvgIpc) is 2.85. The minimum absolute atomic E-state index is 0.202. The summed E-state index contributed by atoms with van der Waals surface area (Å²) in [5.41, 5.74) is 1.59. The monoisotopic (exact) mass is 502 g/mol. The van der Waals surface area contributed by atoms with Crippen molar-refractivity contribution < 1.29 is 19.1 Å². The van der Waals surface area contributed by atoms with Gasteiger partial charge in [0, 0.05) is 29.4 Å². The minimum Gasteiger partial charge on any atom is -0.497 e.